The van der Waals surface area contributed by atoms with Crippen LogP contribution in [0.25, 0.3) is 0 Å². The molecule has 2 rings (SSSR count). The third-order valence-corrected chi connectivity index (χ3v) is 3.18. The predicted octanol–water partition coefficient (Wildman–Crippen LogP) is 2.70. The van der Waals surface area contributed by atoms with Crippen LogP contribution < -0.4 is 4.74 Å². The van der Waals surface area contributed by atoms with E-state index in [4.69, 9.17) is 4.74 Å². The van der Waals surface area contributed by atoms with Gasteiger partial charge in [0.15, 0.2) is 0 Å². The molecule has 0 spiro atoms. The van der Waals surface area contributed by atoms with Gasteiger partial charge in [0.2, 0.25) is 0 Å². The van der Waals surface area contributed by atoms with Crippen molar-refractivity contribution in [1.29, 1.82) is 0 Å². The lowest BCUT2D eigenvalue weighted by atomic mass is 10.1. The van der Waals surface area contributed by atoms with E-state index >= 15 is 0 Å². The largest absolute Gasteiger partial charge is 0.488 e. The average Bonchev–Trinajstić information content (AvgIpc) is 2.46. The molecule has 2 aromatic rings. The quantitative estimate of drug-likeness (QED) is 0.882. The van der Waals surface area contributed by atoms with E-state index in [2.05, 4.69) is 0 Å². The van der Waals surface area contributed by atoms with Gasteiger partial charge in [-0.1, -0.05) is 24.3 Å². The molecular formula is C16H17FO3. The summed E-state index contributed by atoms with van der Waals surface area (Å²) in [4.78, 5) is 0. The molecule has 0 aliphatic heterocycles. The fraction of sp³-hybridized carbons (Fsp3) is 0.250. The van der Waals surface area contributed by atoms with E-state index in [1.54, 1.807) is 0 Å². The molecule has 20 heavy (non-hydrogen) atoms. The number of rotatable bonds is 5. The van der Waals surface area contributed by atoms with Crippen molar-refractivity contribution in [3.05, 3.63) is 64.5 Å². The number of ether oxygens (including phenoxy) is 1. The maximum Gasteiger partial charge on any atom is 0.131 e. The number of aliphatic hydroxyl groups is 2. The van der Waals surface area contributed by atoms with E-state index in [0.29, 0.717) is 23.5 Å². The maximum atomic E-state index is 13.3. The Balaban J connectivity index is 2.27. The van der Waals surface area contributed by atoms with Crippen LogP contribution in [0.5, 0.6) is 5.75 Å². The Morgan fingerprint density at radius 1 is 1.00 bits per heavy atom. The van der Waals surface area contributed by atoms with Gasteiger partial charge in [0.1, 0.15) is 18.2 Å². The summed E-state index contributed by atoms with van der Waals surface area (Å²) in [6.45, 7) is 1.60. The smallest absolute Gasteiger partial charge is 0.131 e. The first kappa shape index (κ1) is 14.5. The summed E-state index contributed by atoms with van der Waals surface area (Å²) in [6.07, 6.45) is 0. The average molecular weight is 276 g/mol. The molecule has 0 aromatic heterocycles. The highest BCUT2D eigenvalue weighted by Gasteiger charge is 2.12. The van der Waals surface area contributed by atoms with Gasteiger partial charge in [0, 0.05) is 11.1 Å². The second-order valence-electron chi connectivity index (χ2n) is 4.58. The number of hydrogen-bond donors (Lipinski definition) is 2. The first-order valence-electron chi connectivity index (χ1n) is 6.36. The van der Waals surface area contributed by atoms with Crippen LogP contribution in [0.15, 0.2) is 36.4 Å². The zero-order valence-corrected chi connectivity index (χ0v) is 11.3. The van der Waals surface area contributed by atoms with Gasteiger partial charge in [-0.05, 0) is 30.2 Å². The van der Waals surface area contributed by atoms with Crippen LogP contribution in [0.3, 0.4) is 0 Å². The monoisotopic (exact) mass is 276 g/mol. The van der Waals surface area contributed by atoms with Crippen LogP contribution in [0.4, 0.5) is 4.39 Å². The lowest BCUT2D eigenvalue weighted by Crippen LogP contribution is -2.04. The van der Waals surface area contributed by atoms with E-state index in [1.807, 2.05) is 31.2 Å². The summed E-state index contributed by atoms with van der Waals surface area (Å²) in [5.41, 5.74) is 2.76. The van der Waals surface area contributed by atoms with Gasteiger partial charge in [-0.15, -0.1) is 0 Å². The van der Waals surface area contributed by atoms with E-state index < -0.39 is 5.82 Å². The first-order chi connectivity index (χ1) is 9.65. The van der Waals surface area contributed by atoms with Crippen molar-refractivity contribution < 1.29 is 19.3 Å². The number of aliphatic hydroxyl groups excluding tert-OH is 2. The molecule has 0 fully saturated rings. The SMILES string of the molecule is Cc1ccccc1COc1c(CO)cc(F)cc1CO. The molecule has 0 heterocycles. The Morgan fingerprint density at radius 2 is 1.60 bits per heavy atom. The fourth-order valence-corrected chi connectivity index (χ4v) is 2.05. The molecule has 0 radical (unpaired) electrons. The van der Waals surface area contributed by atoms with Crippen molar-refractivity contribution in [2.24, 2.45) is 0 Å². The van der Waals surface area contributed by atoms with E-state index in [0.717, 1.165) is 11.1 Å². The maximum absolute atomic E-state index is 13.3. The van der Waals surface area contributed by atoms with Gasteiger partial charge in [0.25, 0.3) is 0 Å². The van der Waals surface area contributed by atoms with Crippen molar-refractivity contribution >= 4 is 0 Å². The summed E-state index contributed by atoms with van der Waals surface area (Å²) in [6, 6.07) is 10.2. The molecule has 2 N–H and O–H groups in total. The van der Waals surface area contributed by atoms with Crippen molar-refractivity contribution in [2.75, 3.05) is 0 Å². The highest BCUT2D eigenvalue weighted by atomic mass is 19.1. The molecule has 0 amide bonds. The van der Waals surface area contributed by atoms with Crippen LogP contribution in [0, 0.1) is 12.7 Å². The minimum absolute atomic E-state index is 0.304. The third kappa shape index (κ3) is 3.15. The lowest BCUT2D eigenvalue weighted by Gasteiger charge is -2.15. The zero-order valence-electron chi connectivity index (χ0n) is 11.3. The van der Waals surface area contributed by atoms with Gasteiger partial charge in [-0.25, -0.2) is 4.39 Å². The number of halogens is 1. The first-order valence-corrected chi connectivity index (χ1v) is 6.36. The Bertz CT molecular complexity index is 571. The molecule has 0 atom stereocenters. The van der Waals surface area contributed by atoms with Gasteiger partial charge < -0.3 is 14.9 Å². The Labute approximate surface area is 117 Å². The number of aryl methyl sites for hydroxylation is 1. The fourth-order valence-electron chi connectivity index (χ4n) is 2.05. The summed E-state index contributed by atoms with van der Waals surface area (Å²) < 4.78 is 19.0. The molecule has 0 saturated carbocycles. The summed E-state index contributed by atoms with van der Waals surface area (Å²) in [7, 11) is 0. The normalized spacial score (nSPS) is 10.6. The van der Waals surface area contributed by atoms with Crippen molar-refractivity contribution in [1.82, 2.24) is 0 Å². The summed E-state index contributed by atoms with van der Waals surface area (Å²) in [5, 5.41) is 18.6. The highest BCUT2D eigenvalue weighted by Crippen LogP contribution is 2.27. The lowest BCUT2D eigenvalue weighted by molar-refractivity contribution is 0.241. The molecule has 2 aromatic carbocycles. The minimum atomic E-state index is -0.499. The number of benzene rings is 2. The van der Waals surface area contributed by atoms with E-state index in [9.17, 15) is 14.6 Å². The predicted molar refractivity (Wildman–Crippen MR) is 73.8 cm³/mol. The zero-order chi connectivity index (χ0) is 14.5. The molecule has 0 aliphatic carbocycles. The van der Waals surface area contributed by atoms with Gasteiger partial charge >= 0.3 is 0 Å². The summed E-state index contributed by atoms with van der Waals surface area (Å²) >= 11 is 0. The Morgan fingerprint density at radius 3 is 2.15 bits per heavy atom. The minimum Gasteiger partial charge on any atom is -0.488 e. The molecule has 0 bridgehead atoms. The molecule has 4 heteroatoms. The van der Waals surface area contributed by atoms with Gasteiger partial charge in [0.05, 0.1) is 13.2 Å². The summed E-state index contributed by atoms with van der Waals surface area (Å²) in [5.74, 6) is -0.152. The molecular weight excluding hydrogens is 259 g/mol. The van der Waals surface area contributed by atoms with Crippen LogP contribution in [0.1, 0.15) is 22.3 Å². The van der Waals surface area contributed by atoms with E-state index in [-0.39, 0.29) is 13.2 Å². The molecule has 0 aliphatic rings. The Hall–Kier alpha value is -1.91. The van der Waals surface area contributed by atoms with Crippen molar-refractivity contribution in [2.45, 2.75) is 26.7 Å². The van der Waals surface area contributed by atoms with E-state index in [1.165, 1.54) is 12.1 Å². The number of hydrogen-bond acceptors (Lipinski definition) is 3. The molecule has 0 unspecified atom stereocenters. The molecule has 106 valence electrons. The van der Waals surface area contributed by atoms with Crippen LogP contribution >= 0.6 is 0 Å². The topological polar surface area (TPSA) is 49.7 Å². The Kier molecular flexibility index (Phi) is 4.71. The van der Waals surface area contributed by atoms with Crippen LogP contribution in [-0.2, 0) is 19.8 Å². The van der Waals surface area contributed by atoms with Crippen molar-refractivity contribution in [3.63, 3.8) is 0 Å². The van der Waals surface area contributed by atoms with Crippen LogP contribution in [-0.4, -0.2) is 10.2 Å². The van der Waals surface area contributed by atoms with Gasteiger partial charge in [-0.2, -0.15) is 0 Å². The third-order valence-electron chi connectivity index (χ3n) is 3.18. The second kappa shape index (κ2) is 6.50. The van der Waals surface area contributed by atoms with Crippen molar-refractivity contribution in [3.8, 4) is 5.75 Å². The van der Waals surface area contributed by atoms with Gasteiger partial charge in [-0.3, -0.25) is 0 Å². The molecule has 3 nitrogen and oxygen atoms in total. The standard InChI is InChI=1S/C16H17FO3/c1-11-4-2-3-5-12(11)10-20-16-13(8-18)6-15(17)7-14(16)9-19/h2-7,18-19H,8-10H2,1H3. The highest BCUT2D eigenvalue weighted by molar-refractivity contribution is 5.42. The van der Waals surface area contributed by atoms with Crippen LogP contribution in [0.2, 0.25) is 0 Å². The second-order valence-corrected chi connectivity index (χ2v) is 4.58. The molecule has 0 saturated heterocycles.